The normalized spacial score (nSPS) is 10.2. The van der Waals surface area contributed by atoms with Gasteiger partial charge in [0, 0.05) is 16.6 Å². The third-order valence-corrected chi connectivity index (χ3v) is 4.22. The summed E-state index contributed by atoms with van der Waals surface area (Å²) in [5.41, 5.74) is 1.36. The maximum atomic E-state index is 12.5. The molecule has 0 unspecified atom stereocenters. The lowest BCUT2D eigenvalue weighted by Gasteiger charge is -2.10. The fourth-order valence-corrected chi connectivity index (χ4v) is 2.89. The minimum atomic E-state index is -0.128. The number of nitrogens with one attached hydrogen (secondary N) is 1. The van der Waals surface area contributed by atoms with Crippen molar-refractivity contribution in [2.24, 2.45) is 0 Å². The monoisotopic (exact) mass is 335 g/mol. The summed E-state index contributed by atoms with van der Waals surface area (Å²) in [5, 5.41) is 2.93. The lowest BCUT2D eigenvalue weighted by Crippen LogP contribution is -2.12. The Kier molecular flexibility index (Phi) is 5.18. The molecule has 3 rings (SSSR count). The summed E-state index contributed by atoms with van der Waals surface area (Å²) in [6.07, 6.45) is 1.96. The van der Waals surface area contributed by atoms with Gasteiger partial charge in [0.05, 0.1) is 5.56 Å². The maximum Gasteiger partial charge on any atom is 0.256 e. The van der Waals surface area contributed by atoms with Gasteiger partial charge in [-0.05, 0) is 42.7 Å². The van der Waals surface area contributed by atoms with Gasteiger partial charge in [0.2, 0.25) is 0 Å². The van der Waals surface area contributed by atoms with Gasteiger partial charge in [-0.1, -0.05) is 36.4 Å². The van der Waals surface area contributed by atoms with E-state index in [9.17, 15) is 4.79 Å². The number of ether oxygens (including phenoxy) is 1. The molecule has 1 amide bonds. The molecule has 0 fully saturated rings. The first-order valence-corrected chi connectivity index (χ1v) is 8.76. The van der Waals surface area contributed by atoms with E-state index in [0.717, 1.165) is 10.6 Å². The van der Waals surface area contributed by atoms with Gasteiger partial charge < -0.3 is 10.1 Å². The molecular formula is C20H17NO2S. The number of hydrogen-bond acceptors (Lipinski definition) is 3. The van der Waals surface area contributed by atoms with Crippen LogP contribution in [-0.2, 0) is 0 Å². The van der Waals surface area contributed by atoms with Crippen LogP contribution < -0.4 is 10.1 Å². The second-order valence-corrected chi connectivity index (χ2v) is 5.95. The molecule has 0 atom stereocenters. The first-order valence-electron chi connectivity index (χ1n) is 7.53. The summed E-state index contributed by atoms with van der Waals surface area (Å²) >= 11 is 1.55. The predicted molar refractivity (Wildman–Crippen MR) is 99.1 cm³/mol. The molecule has 0 spiro atoms. The first kappa shape index (κ1) is 16.1. The lowest BCUT2D eigenvalue weighted by atomic mass is 10.2. The van der Waals surface area contributed by atoms with Crippen LogP contribution in [0, 0.1) is 0 Å². The van der Waals surface area contributed by atoms with E-state index in [2.05, 4.69) is 5.32 Å². The highest BCUT2D eigenvalue weighted by Gasteiger charge is 2.11. The van der Waals surface area contributed by atoms with E-state index in [-0.39, 0.29) is 5.91 Å². The van der Waals surface area contributed by atoms with Crippen molar-refractivity contribution in [3.05, 3.63) is 84.4 Å². The molecule has 3 nitrogen and oxygen atoms in total. The van der Waals surface area contributed by atoms with Crippen LogP contribution in [0.1, 0.15) is 10.4 Å². The molecule has 0 aliphatic rings. The average Bonchev–Trinajstić information content (AvgIpc) is 2.63. The molecular weight excluding hydrogens is 318 g/mol. The van der Waals surface area contributed by atoms with Crippen molar-refractivity contribution < 1.29 is 9.53 Å². The molecule has 3 aromatic carbocycles. The molecule has 0 saturated carbocycles. The van der Waals surface area contributed by atoms with E-state index in [1.54, 1.807) is 11.8 Å². The lowest BCUT2D eigenvalue weighted by molar-refractivity contribution is 0.102. The fraction of sp³-hybridized carbons (Fsp3) is 0.0500. The zero-order valence-electron chi connectivity index (χ0n) is 13.2. The third-order valence-electron chi connectivity index (χ3n) is 3.42. The molecule has 4 heteroatoms. The largest absolute Gasteiger partial charge is 0.457 e. The summed E-state index contributed by atoms with van der Waals surface area (Å²) in [6.45, 7) is 0. The standard InChI is InChI=1S/C20H17NO2S/c1-24-19-13-6-5-12-18(19)20(22)21-15-8-7-11-17(14-15)23-16-9-3-2-4-10-16/h2-14H,1H3,(H,21,22). The SMILES string of the molecule is CSc1ccccc1C(=O)Nc1cccc(Oc2ccccc2)c1. The second kappa shape index (κ2) is 7.70. The van der Waals surface area contributed by atoms with Gasteiger partial charge in [-0.2, -0.15) is 0 Å². The number of amides is 1. The number of rotatable bonds is 5. The highest BCUT2D eigenvalue weighted by molar-refractivity contribution is 7.98. The van der Waals surface area contributed by atoms with Crippen molar-refractivity contribution in [1.29, 1.82) is 0 Å². The average molecular weight is 335 g/mol. The van der Waals surface area contributed by atoms with Crippen molar-refractivity contribution in [3.63, 3.8) is 0 Å². The van der Waals surface area contributed by atoms with Crippen molar-refractivity contribution in [1.82, 2.24) is 0 Å². The van der Waals surface area contributed by atoms with Gasteiger partial charge in [-0.15, -0.1) is 11.8 Å². The number of thioether (sulfide) groups is 1. The molecule has 0 aliphatic carbocycles. The minimum Gasteiger partial charge on any atom is -0.457 e. The Labute approximate surface area is 145 Å². The van der Waals surface area contributed by atoms with Crippen LogP contribution in [0.3, 0.4) is 0 Å². The third kappa shape index (κ3) is 3.97. The Morgan fingerprint density at radius 1 is 0.875 bits per heavy atom. The second-order valence-electron chi connectivity index (χ2n) is 5.10. The molecule has 0 aromatic heterocycles. The van der Waals surface area contributed by atoms with Crippen LogP contribution in [0.2, 0.25) is 0 Å². The number of benzene rings is 3. The Morgan fingerprint density at radius 2 is 1.58 bits per heavy atom. The summed E-state index contributed by atoms with van der Waals surface area (Å²) in [4.78, 5) is 13.4. The van der Waals surface area contributed by atoms with Crippen molar-refractivity contribution in [2.45, 2.75) is 4.90 Å². The predicted octanol–water partition coefficient (Wildman–Crippen LogP) is 5.45. The van der Waals surface area contributed by atoms with Crippen LogP contribution in [0.4, 0.5) is 5.69 Å². The van der Waals surface area contributed by atoms with Gasteiger partial charge in [0.1, 0.15) is 11.5 Å². The van der Waals surface area contributed by atoms with E-state index >= 15 is 0 Å². The van der Waals surface area contributed by atoms with E-state index in [4.69, 9.17) is 4.74 Å². The number of carbonyl (C=O) groups excluding carboxylic acids is 1. The first-order chi connectivity index (χ1) is 11.8. The zero-order valence-corrected chi connectivity index (χ0v) is 14.0. The Bertz CT molecular complexity index is 834. The molecule has 0 heterocycles. The van der Waals surface area contributed by atoms with Gasteiger partial charge >= 0.3 is 0 Å². The highest BCUT2D eigenvalue weighted by atomic mass is 32.2. The van der Waals surface area contributed by atoms with Crippen LogP contribution in [-0.4, -0.2) is 12.2 Å². The van der Waals surface area contributed by atoms with Crippen molar-refractivity contribution in [2.75, 3.05) is 11.6 Å². The van der Waals surface area contributed by atoms with Crippen LogP contribution in [0.25, 0.3) is 0 Å². The molecule has 3 aromatic rings. The smallest absolute Gasteiger partial charge is 0.256 e. The van der Waals surface area contributed by atoms with Crippen molar-refractivity contribution in [3.8, 4) is 11.5 Å². The summed E-state index contributed by atoms with van der Waals surface area (Å²) in [7, 11) is 0. The summed E-state index contributed by atoms with van der Waals surface area (Å²) in [5.74, 6) is 1.31. The molecule has 24 heavy (non-hydrogen) atoms. The Balaban J connectivity index is 1.76. The number of carbonyl (C=O) groups is 1. The van der Waals surface area contributed by atoms with E-state index in [1.807, 2.05) is 85.1 Å². The topological polar surface area (TPSA) is 38.3 Å². The van der Waals surface area contributed by atoms with Gasteiger partial charge in [-0.3, -0.25) is 4.79 Å². The quantitative estimate of drug-likeness (QED) is 0.630. The molecule has 0 bridgehead atoms. The molecule has 1 N–H and O–H groups in total. The maximum absolute atomic E-state index is 12.5. The minimum absolute atomic E-state index is 0.128. The number of para-hydroxylation sites is 1. The van der Waals surface area contributed by atoms with Gasteiger partial charge in [0.15, 0.2) is 0 Å². The Hall–Kier alpha value is -2.72. The van der Waals surface area contributed by atoms with Gasteiger partial charge in [0.25, 0.3) is 5.91 Å². The number of hydrogen-bond donors (Lipinski definition) is 1. The zero-order chi connectivity index (χ0) is 16.8. The highest BCUT2D eigenvalue weighted by Crippen LogP contribution is 2.25. The fourth-order valence-electron chi connectivity index (χ4n) is 2.29. The summed E-state index contributed by atoms with van der Waals surface area (Å²) < 4.78 is 5.80. The van der Waals surface area contributed by atoms with Crippen molar-refractivity contribution >= 4 is 23.4 Å². The van der Waals surface area contributed by atoms with Crippen LogP contribution >= 0.6 is 11.8 Å². The molecule has 120 valence electrons. The Morgan fingerprint density at radius 3 is 2.38 bits per heavy atom. The number of anilines is 1. The molecule has 0 radical (unpaired) electrons. The molecule has 0 aliphatic heterocycles. The molecule has 0 saturated heterocycles. The van der Waals surface area contributed by atoms with E-state index < -0.39 is 0 Å². The van der Waals surface area contributed by atoms with Gasteiger partial charge in [-0.25, -0.2) is 0 Å². The van der Waals surface area contributed by atoms with E-state index in [0.29, 0.717) is 17.0 Å². The van der Waals surface area contributed by atoms with Crippen LogP contribution in [0.15, 0.2) is 83.8 Å². The van der Waals surface area contributed by atoms with E-state index in [1.165, 1.54) is 0 Å². The summed E-state index contributed by atoms with van der Waals surface area (Å²) in [6, 6.07) is 24.5. The van der Waals surface area contributed by atoms with Crippen LogP contribution in [0.5, 0.6) is 11.5 Å².